The Morgan fingerprint density at radius 2 is 1.79 bits per heavy atom. The van der Waals surface area contributed by atoms with Crippen molar-refractivity contribution in [2.24, 2.45) is 0 Å². The minimum absolute atomic E-state index is 0.139. The summed E-state index contributed by atoms with van der Waals surface area (Å²) in [7, 11) is -3.56. The molecule has 1 amide bonds. The molecule has 1 aliphatic heterocycles. The Labute approximate surface area is 170 Å². The third-order valence-electron chi connectivity index (χ3n) is 4.55. The van der Waals surface area contributed by atoms with Gasteiger partial charge in [0.25, 0.3) is 5.91 Å². The monoisotopic (exact) mass is 422 g/mol. The molecule has 1 saturated heterocycles. The summed E-state index contributed by atoms with van der Waals surface area (Å²) >= 11 is 6.19. The molecule has 0 aliphatic carbocycles. The van der Waals surface area contributed by atoms with Crippen LogP contribution >= 0.6 is 11.6 Å². The average molecular weight is 423 g/mol. The molecule has 0 saturated carbocycles. The Morgan fingerprint density at radius 1 is 1.07 bits per heavy atom. The number of carbonyl (C=O) groups is 1. The van der Waals surface area contributed by atoms with Gasteiger partial charge >= 0.3 is 0 Å². The lowest BCUT2D eigenvalue weighted by Crippen LogP contribution is -2.35. The van der Waals surface area contributed by atoms with Crippen LogP contribution < -0.4 is 10.1 Å². The molecule has 2 aromatic rings. The van der Waals surface area contributed by atoms with E-state index in [1.54, 1.807) is 0 Å². The van der Waals surface area contributed by atoms with Gasteiger partial charge in [-0.1, -0.05) is 48.4 Å². The van der Waals surface area contributed by atoms with E-state index >= 15 is 0 Å². The molecule has 1 heterocycles. The van der Waals surface area contributed by atoms with Crippen molar-refractivity contribution in [3.05, 3.63) is 59.1 Å². The average Bonchev–Trinajstić information content (AvgIpc) is 2.72. The lowest BCUT2D eigenvalue weighted by atomic mass is 10.2. The lowest BCUT2D eigenvalue weighted by molar-refractivity contribution is -0.123. The van der Waals surface area contributed by atoms with Crippen molar-refractivity contribution in [2.45, 2.75) is 30.7 Å². The molecule has 28 heavy (non-hydrogen) atoms. The summed E-state index contributed by atoms with van der Waals surface area (Å²) in [5.41, 5.74) is 0.987. The van der Waals surface area contributed by atoms with Crippen LogP contribution in [-0.4, -0.2) is 38.3 Å². The molecule has 8 heteroatoms. The number of carbonyl (C=O) groups excluding carboxylic acids is 1. The fourth-order valence-electron chi connectivity index (χ4n) is 3.00. The zero-order chi connectivity index (χ0) is 20.0. The van der Waals surface area contributed by atoms with E-state index in [1.165, 1.54) is 22.5 Å². The molecule has 0 radical (unpaired) electrons. The summed E-state index contributed by atoms with van der Waals surface area (Å²) in [4.78, 5) is 12.1. The summed E-state index contributed by atoms with van der Waals surface area (Å²) in [5.74, 6) is -0.0148. The van der Waals surface area contributed by atoms with E-state index in [4.69, 9.17) is 16.3 Å². The van der Waals surface area contributed by atoms with Crippen molar-refractivity contribution in [1.29, 1.82) is 0 Å². The number of sulfonamides is 1. The van der Waals surface area contributed by atoms with Crippen LogP contribution in [0, 0.1) is 0 Å². The second-order valence-electron chi connectivity index (χ2n) is 6.61. The molecule has 0 bridgehead atoms. The second kappa shape index (κ2) is 9.41. The Balaban J connectivity index is 1.57. The van der Waals surface area contributed by atoms with Crippen LogP contribution in [0.1, 0.15) is 24.8 Å². The highest BCUT2D eigenvalue weighted by molar-refractivity contribution is 7.89. The first-order valence-corrected chi connectivity index (χ1v) is 11.0. The molecule has 0 atom stereocenters. The lowest BCUT2D eigenvalue weighted by Gasteiger charge is -2.26. The highest BCUT2D eigenvalue weighted by Gasteiger charge is 2.26. The third-order valence-corrected chi connectivity index (χ3v) is 6.74. The number of halogens is 1. The number of piperidine rings is 1. The Morgan fingerprint density at radius 3 is 2.46 bits per heavy atom. The first kappa shape index (κ1) is 20.6. The molecule has 6 nitrogen and oxygen atoms in total. The van der Waals surface area contributed by atoms with Gasteiger partial charge in [0.05, 0.1) is 9.92 Å². The standard InChI is InChI=1S/C20H23ClN2O4S/c21-18-13-17(28(25,26)23-11-5-2-6-12-23)9-10-19(18)27-15-20(24)22-14-16-7-3-1-4-8-16/h1,3-4,7-10,13H,2,5-6,11-12,14-15H2,(H,22,24). The number of amides is 1. The van der Waals surface area contributed by atoms with E-state index in [2.05, 4.69) is 5.32 Å². The fourth-order valence-corrected chi connectivity index (χ4v) is 4.85. The van der Waals surface area contributed by atoms with Gasteiger partial charge in [0.1, 0.15) is 5.75 Å². The Bertz CT molecular complexity index is 913. The number of hydrogen-bond donors (Lipinski definition) is 1. The third kappa shape index (κ3) is 5.25. The van der Waals surface area contributed by atoms with Gasteiger partial charge in [0.15, 0.2) is 6.61 Å². The van der Waals surface area contributed by atoms with Gasteiger partial charge in [-0.05, 0) is 36.6 Å². The van der Waals surface area contributed by atoms with Gasteiger partial charge in [0, 0.05) is 19.6 Å². The van der Waals surface area contributed by atoms with E-state index in [0.29, 0.717) is 19.6 Å². The van der Waals surface area contributed by atoms with E-state index in [-0.39, 0.29) is 28.2 Å². The number of nitrogens with one attached hydrogen (secondary N) is 1. The van der Waals surface area contributed by atoms with Gasteiger partial charge in [-0.15, -0.1) is 0 Å². The Kier molecular flexibility index (Phi) is 6.93. The highest BCUT2D eigenvalue weighted by Crippen LogP contribution is 2.29. The number of rotatable bonds is 7. The molecule has 0 unspecified atom stereocenters. The fraction of sp³-hybridized carbons (Fsp3) is 0.350. The maximum Gasteiger partial charge on any atom is 0.258 e. The molecule has 1 aliphatic rings. The first-order chi connectivity index (χ1) is 13.5. The largest absolute Gasteiger partial charge is 0.482 e. The van der Waals surface area contributed by atoms with E-state index in [1.807, 2.05) is 30.3 Å². The van der Waals surface area contributed by atoms with E-state index < -0.39 is 10.0 Å². The normalized spacial score (nSPS) is 15.2. The maximum absolute atomic E-state index is 12.7. The van der Waals surface area contributed by atoms with Crippen molar-refractivity contribution in [3.63, 3.8) is 0 Å². The van der Waals surface area contributed by atoms with Gasteiger partial charge in [0.2, 0.25) is 10.0 Å². The molecule has 0 aromatic heterocycles. The molecule has 1 N–H and O–H groups in total. The smallest absolute Gasteiger partial charge is 0.258 e. The SMILES string of the molecule is O=C(COc1ccc(S(=O)(=O)N2CCCCC2)cc1Cl)NCc1ccccc1. The molecule has 3 rings (SSSR count). The van der Waals surface area contributed by atoms with E-state index in [0.717, 1.165) is 24.8 Å². The van der Waals surface area contributed by atoms with Crippen molar-refractivity contribution in [2.75, 3.05) is 19.7 Å². The van der Waals surface area contributed by atoms with Crippen LogP contribution in [0.4, 0.5) is 0 Å². The summed E-state index contributed by atoms with van der Waals surface area (Å²) < 4.78 is 32.3. The number of hydrogen-bond acceptors (Lipinski definition) is 4. The van der Waals surface area contributed by atoms with Crippen molar-refractivity contribution >= 4 is 27.5 Å². The van der Waals surface area contributed by atoms with Crippen LogP contribution in [-0.2, 0) is 21.4 Å². The van der Waals surface area contributed by atoms with Crippen LogP contribution in [0.2, 0.25) is 5.02 Å². The predicted molar refractivity (Wildman–Crippen MR) is 108 cm³/mol. The minimum atomic E-state index is -3.56. The number of ether oxygens (including phenoxy) is 1. The molecule has 1 fully saturated rings. The van der Waals surface area contributed by atoms with Crippen molar-refractivity contribution in [1.82, 2.24) is 9.62 Å². The summed E-state index contributed by atoms with van der Waals surface area (Å²) in [6.07, 6.45) is 2.78. The van der Waals surface area contributed by atoms with Gasteiger partial charge < -0.3 is 10.1 Å². The van der Waals surface area contributed by atoms with Gasteiger partial charge in [-0.3, -0.25) is 4.79 Å². The molecule has 2 aromatic carbocycles. The van der Waals surface area contributed by atoms with Crippen LogP contribution in [0.15, 0.2) is 53.4 Å². The van der Waals surface area contributed by atoms with E-state index in [9.17, 15) is 13.2 Å². The number of benzene rings is 2. The minimum Gasteiger partial charge on any atom is -0.482 e. The van der Waals surface area contributed by atoms with Crippen molar-refractivity contribution < 1.29 is 17.9 Å². The first-order valence-electron chi connectivity index (χ1n) is 9.20. The molecular formula is C20H23ClN2O4S. The predicted octanol–water partition coefficient (Wildman–Crippen LogP) is 3.21. The topological polar surface area (TPSA) is 75.7 Å². The van der Waals surface area contributed by atoms with Crippen LogP contribution in [0.3, 0.4) is 0 Å². The zero-order valence-electron chi connectivity index (χ0n) is 15.4. The Hall–Kier alpha value is -2.09. The molecule has 150 valence electrons. The number of nitrogens with zero attached hydrogens (tertiary/aromatic N) is 1. The summed E-state index contributed by atoms with van der Waals surface area (Å²) in [6, 6.07) is 13.9. The second-order valence-corrected chi connectivity index (χ2v) is 8.95. The van der Waals surface area contributed by atoms with Crippen LogP contribution in [0.5, 0.6) is 5.75 Å². The van der Waals surface area contributed by atoms with Gasteiger partial charge in [-0.2, -0.15) is 4.31 Å². The summed E-state index contributed by atoms with van der Waals surface area (Å²) in [5, 5.41) is 2.92. The summed E-state index contributed by atoms with van der Waals surface area (Å²) in [6.45, 7) is 1.26. The molecule has 0 spiro atoms. The van der Waals surface area contributed by atoms with Crippen LogP contribution in [0.25, 0.3) is 0 Å². The zero-order valence-corrected chi connectivity index (χ0v) is 17.0. The van der Waals surface area contributed by atoms with Crippen molar-refractivity contribution in [3.8, 4) is 5.75 Å². The maximum atomic E-state index is 12.7. The highest BCUT2D eigenvalue weighted by atomic mass is 35.5. The van der Waals surface area contributed by atoms with Gasteiger partial charge in [-0.25, -0.2) is 8.42 Å². The quantitative estimate of drug-likeness (QED) is 0.743. The molecular weight excluding hydrogens is 400 g/mol.